The van der Waals surface area contributed by atoms with Crippen LogP contribution in [0.5, 0.6) is 0 Å². The third kappa shape index (κ3) is 5.90. The van der Waals surface area contributed by atoms with E-state index in [9.17, 15) is 51.9 Å². The molecule has 0 amide bonds. The van der Waals surface area contributed by atoms with Gasteiger partial charge in [0, 0.05) is 11.1 Å². The highest BCUT2D eigenvalue weighted by molar-refractivity contribution is 7.87. The molecule has 0 unspecified atom stereocenters. The molecular weight excluding hydrogens is 689 g/mol. The maximum Gasteiger partial charge on any atom is 0.296 e. The van der Waals surface area contributed by atoms with E-state index in [4.69, 9.17) is 0 Å². The van der Waals surface area contributed by atoms with Gasteiger partial charge in [-0.05, 0) is 35.4 Å². The van der Waals surface area contributed by atoms with Gasteiger partial charge in [0.25, 0.3) is 40.5 Å². The van der Waals surface area contributed by atoms with Crippen molar-refractivity contribution in [1.82, 2.24) is 19.9 Å². The van der Waals surface area contributed by atoms with Crippen molar-refractivity contribution in [2.24, 2.45) is 0 Å². The second kappa shape index (κ2) is 10.5. The lowest BCUT2D eigenvalue weighted by atomic mass is 10.0. The molecule has 16 nitrogen and oxygen atoms in total. The van der Waals surface area contributed by atoms with Crippen molar-refractivity contribution >= 4 is 62.5 Å². The van der Waals surface area contributed by atoms with Crippen LogP contribution in [-0.4, -0.2) is 71.8 Å². The Bertz CT molecular complexity index is 2480. The van der Waals surface area contributed by atoms with Gasteiger partial charge in [0.05, 0.1) is 20.8 Å². The summed E-state index contributed by atoms with van der Waals surface area (Å²) in [5, 5.41) is 0. The monoisotopic (exact) mass is 706 g/mol. The smallest absolute Gasteiger partial charge is 0.296 e. The zero-order valence-corrected chi connectivity index (χ0v) is 25.8. The molecule has 0 aliphatic rings. The van der Waals surface area contributed by atoms with Crippen LogP contribution in [0, 0.1) is 0 Å². The average Bonchev–Trinajstić information content (AvgIpc) is 3.59. The fourth-order valence-corrected chi connectivity index (χ4v) is 7.29. The summed E-state index contributed by atoms with van der Waals surface area (Å²) < 4.78 is 132. The lowest BCUT2D eigenvalue weighted by Gasteiger charge is -2.04. The van der Waals surface area contributed by atoms with Gasteiger partial charge in [0.1, 0.15) is 32.5 Å². The number of rotatable bonds is 7. The van der Waals surface area contributed by atoms with Gasteiger partial charge in [0.15, 0.2) is 0 Å². The second-order valence-corrected chi connectivity index (χ2v) is 15.5. The summed E-state index contributed by atoms with van der Waals surface area (Å²) in [6.45, 7) is 0. The third-order valence-electron chi connectivity index (χ3n) is 6.85. The topological polar surface area (TPSA) is 275 Å². The van der Waals surface area contributed by atoms with E-state index in [2.05, 4.69) is 19.9 Å². The highest BCUT2D eigenvalue weighted by Crippen LogP contribution is 2.32. The zero-order chi connectivity index (χ0) is 33.4. The molecule has 6 aromatic rings. The van der Waals surface area contributed by atoms with Gasteiger partial charge >= 0.3 is 0 Å². The molecule has 0 bridgehead atoms. The number of aromatic amines is 2. The first-order valence-corrected chi connectivity index (χ1v) is 18.2. The molecular formula is C26H18N4O12S4. The number of aromatic nitrogens is 4. The van der Waals surface area contributed by atoms with E-state index in [1.807, 2.05) is 0 Å². The van der Waals surface area contributed by atoms with Gasteiger partial charge in [0.2, 0.25) is 0 Å². The number of hydrogen-bond acceptors (Lipinski definition) is 10. The molecule has 0 aliphatic heterocycles. The lowest BCUT2D eigenvalue weighted by molar-refractivity contribution is 0.477. The summed E-state index contributed by atoms with van der Waals surface area (Å²) >= 11 is 0. The van der Waals surface area contributed by atoms with Crippen LogP contribution in [0.4, 0.5) is 0 Å². The number of H-pyrrole nitrogens is 2. The van der Waals surface area contributed by atoms with Crippen LogP contribution in [0.2, 0.25) is 0 Å². The molecule has 0 aliphatic carbocycles. The number of hydrogen-bond donors (Lipinski definition) is 6. The molecule has 6 N–H and O–H groups in total. The first-order valence-electron chi connectivity index (χ1n) is 12.5. The van der Waals surface area contributed by atoms with E-state index in [0.29, 0.717) is 23.3 Å². The van der Waals surface area contributed by atoms with Crippen molar-refractivity contribution < 1.29 is 51.9 Å². The van der Waals surface area contributed by atoms with Gasteiger partial charge in [-0.2, -0.15) is 33.7 Å². The minimum absolute atomic E-state index is 0.0686. The van der Waals surface area contributed by atoms with Crippen molar-refractivity contribution in [1.29, 1.82) is 0 Å². The lowest BCUT2D eigenvalue weighted by Crippen LogP contribution is -2.04. The fourth-order valence-electron chi connectivity index (χ4n) is 4.73. The molecule has 2 heterocycles. The van der Waals surface area contributed by atoms with Gasteiger partial charge in [-0.25, -0.2) is 9.97 Å². The number of fused-ring (bicyclic) bond motifs is 2. The summed E-state index contributed by atoms with van der Waals surface area (Å²) in [5.74, 6) is 0.279. The Balaban J connectivity index is 1.33. The number of imidazole rings is 2. The first kappa shape index (κ1) is 31.4. The average molecular weight is 707 g/mol. The van der Waals surface area contributed by atoms with Crippen LogP contribution in [-0.2, 0) is 40.5 Å². The fraction of sp³-hybridized carbons (Fsp3) is 0. The number of benzene rings is 4. The molecule has 0 radical (unpaired) electrons. The zero-order valence-electron chi connectivity index (χ0n) is 22.5. The summed E-state index contributed by atoms with van der Waals surface area (Å²) in [6.07, 6.45) is 0. The predicted molar refractivity (Wildman–Crippen MR) is 161 cm³/mol. The molecule has 6 rings (SSSR count). The molecule has 0 atom stereocenters. The van der Waals surface area contributed by atoms with Crippen LogP contribution in [0.25, 0.3) is 56.0 Å². The van der Waals surface area contributed by atoms with E-state index in [1.54, 1.807) is 48.5 Å². The molecule has 0 fully saturated rings. The minimum atomic E-state index is -4.91. The normalized spacial score (nSPS) is 13.0. The largest absolute Gasteiger partial charge is 0.338 e. The maximum absolute atomic E-state index is 11.9. The van der Waals surface area contributed by atoms with Crippen LogP contribution in [0.3, 0.4) is 0 Å². The standard InChI is InChI=1S/C26H18N4O12S4/c31-43(32,33)17-9-19-23(21(11-17)45(37,38)39)29-25(27-19)15-5-1-13(2-6-15)14-3-7-16(8-4-14)26-28-20-10-18(44(34,35)36)12-22(24(20)30-26)46(40,41)42/h1-12H,(H,27,29)(H,28,30)(H,31,32,33)(H,34,35,36)(H,37,38,39)(H,40,41,42). The maximum atomic E-state index is 11.9. The molecule has 20 heteroatoms. The van der Waals surface area contributed by atoms with Crippen LogP contribution < -0.4 is 0 Å². The molecule has 4 aromatic carbocycles. The van der Waals surface area contributed by atoms with Crippen molar-refractivity contribution in [3.8, 4) is 33.9 Å². The Morgan fingerprint density at radius 2 is 0.739 bits per heavy atom. The van der Waals surface area contributed by atoms with Crippen LogP contribution >= 0.6 is 0 Å². The molecule has 0 spiro atoms. The molecule has 2 aromatic heterocycles. The van der Waals surface area contributed by atoms with E-state index in [1.165, 1.54) is 0 Å². The van der Waals surface area contributed by atoms with E-state index in [0.717, 1.165) is 23.3 Å². The molecule has 0 saturated heterocycles. The number of nitrogens with one attached hydrogen (secondary N) is 2. The highest BCUT2D eigenvalue weighted by atomic mass is 32.2. The Kier molecular flexibility index (Phi) is 7.18. The van der Waals surface area contributed by atoms with E-state index >= 15 is 0 Å². The Morgan fingerprint density at radius 1 is 0.435 bits per heavy atom. The second-order valence-electron chi connectivity index (χ2n) is 9.86. The summed E-state index contributed by atoms with van der Waals surface area (Å²) in [6, 6.07) is 16.5. The quantitative estimate of drug-likeness (QED) is 0.130. The van der Waals surface area contributed by atoms with Crippen molar-refractivity contribution in [2.75, 3.05) is 0 Å². The van der Waals surface area contributed by atoms with Gasteiger partial charge in [-0.1, -0.05) is 48.5 Å². The summed E-state index contributed by atoms with van der Waals surface area (Å²) in [7, 11) is -19.4. The third-order valence-corrected chi connectivity index (χ3v) is 10.2. The molecule has 0 saturated carbocycles. The van der Waals surface area contributed by atoms with Gasteiger partial charge in [-0.15, -0.1) is 0 Å². The van der Waals surface area contributed by atoms with Gasteiger partial charge in [-0.3, -0.25) is 18.2 Å². The molecule has 46 heavy (non-hydrogen) atoms. The Hall–Kier alpha value is -4.54. The SMILES string of the molecule is O=S(=O)(O)c1cc(S(=O)(=O)O)c2nc(-c3ccc(-c4ccc(-c5nc6c(S(=O)(=O)O)cc(S(=O)(=O)O)cc6[nH]5)cc4)cc3)[nH]c2c1. The molecule has 238 valence electrons. The summed E-state index contributed by atoms with van der Waals surface area (Å²) in [5.41, 5.74) is 1.74. The van der Waals surface area contributed by atoms with Crippen LogP contribution in [0.15, 0.2) is 92.4 Å². The number of nitrogens with zero attached hydrogens (tertiary/aromatic N) is 2. The van der Waals surface area contributed by atoms with E-state index < -0.39 is 60.1 Å². The Morgan fingerprint density at radius 3 is 1.02 bits per heavy atom. The summed E-state index contributed by atoms with van der Waals surface area (Å²) in [4.78, 5) is 10.8. The highest BCUT2D eigenvalue weighted by Gasteiger charge is 2.25. The van der Waals surface area contributed by atoms with Crippen molar-refractivity contribution in [2.45, 2.75) is 19.6 Å². The Labute approximate surface area is 259 Å². The van der Waals surface area contributed by atoms with E-state index in [-0.39, 0.29) is 33.7 Å². The van der Waals surface area contributed by atoms with Crippen LogP contribution in [0.1, 0.15) is 0 Å². The first-order chi connectivity index (χ1) is 21.3. The van der Waals surface area contributed by atoms with Crippen molar-refractivity contribution in [3.63, 3.8) is 0 Å². The predicted octanol–water partition coefficient (Wildman–Crippen LogP) is 3.43. The minimum Gasteiger partial charge on any atom is -0.338 e. The van der Waals surface area contributed by atoms with Gasteiger partial charge < -0.3 is 9.97 Å². The van der Waals surface area contributed by atoms with Crippen molar-refractivity contribution in [3.05, 3.63) is 72.8 Å².